The van der Waals surface area contributed by atoms with Gasteiger partial charge in [-0.3, -0.25) is 9.78 Å². The predicted molar refractivity (Wildman–Crippen MR) is 77.5 cm³/mol. The number of hydrogen-bond donors (Lipinski definition) is 2. The molecule has 1 heterocycles. The van der Waals surface area contributed by atoms with Crippen molar-refractivity contribution in [2.75, 3.05) is 11.1 Å². The molecule has 96 valence electrons. The molecule has 0 aliphatic rings. The minimum atomic E-state index is -0.192. The molecule has 1 aromatic carbocycles. The summed E-state index contributed by atoms with van der Waals surface area (Å²) in [6.07, 6.45) is 4.84. The van der Waals surface area contributed by atoms with Crippen LogP contribution in [-0.4, -0.2) is 10.9 Å². The van der Waals surface area contributed by atoms with Crippen LogP contribution in [0.5, 0.6) is 0 Å². The van der Waals surface area contributed by atoms with Crippen LogP contribution < -0.4 is 11.1 Å². The van der Waals surface area contributed by atoms with Crippen LogP contribution in [0.2, 0.25) is 0 Å². The molecule has 0 spiro atoms. The standard InChI is InChI=1S/C15H15N3O/c1-11-2-8-14(10-17-11)18-15(19)9-5-12-3-6-13(16)7-4-12/h2-10H,16H2,1H3,(H,18,19)/b9-5+. The average molecular weight is 253 g/mol. The number of pyridine rings is 1. The van der Waals surface area contributed by atoms with Crippen LogP contribution in [0.3, 0.4) is 0 Å². The Labute approximate surface area is 112 Å². The number of nitrogens with zero attached hydrogens (tertiary/aromatic N) is 1. The van der Waals surface area contributed by atoms with Crippen molar-refractivity contribution >= 4 is 23.4 Å². The second kappa shape index (κ2) is 5.82. The number of benzene rings is 1. The third-order valence-corrected chi connectivity index (χ3v) is 2.54. The first kappa shape index (κ1) is 12.8. The van der Waals surface area contributed by atoms with E-state index in [0.717, 1.165) is 11.3 Å². The van der Waals surface area contributed by atoms with Crippen LogP contribution in [0.4, 0.5) is 11.4 Å². The number of amides is 1. The molecule has 0 saturated heterocycles. The number of aromatic nitrogens is 1. The molecule has 3 N–H and O–H groups in total. The number of rotatable bonds is 3. The number of carbonyl (C=O) groups is 1. The zero-order chi connectivity index (χ0) is 13.7. The van der Waals surface area contributed by atoms with Gasteiger partial charge in [0.25, 0.3) is 0 Å². The van der Waals surface area contributed by atoms with Crippen LogP contribution >= 0.6 is 0 Å². The smallest absolute Gasteiger partial charge is 0.248 e. The fourth-order valence-corrected chi connectivity index (χ4v) is 1.50. The van der Waals surface area contributed by atoms with Gasteiger partial charge in [0.05, 0.1) is 11.9 Å². The average Bonchev–Trinajstić information content (AvgIpc) is 2.41. The third-order valence-electron chi connectivity index (χ3n) is 2.54. The number of aryl methyl sites for hydroxylation is 1. The first-order valence-corrected chi connectivity index (χ1v) is 5.91. The molecule has 0 atom stereocenters. The van der Waals surface area contributed by atoms with Gasteiger partial charge in [0, 0.05) is 17.5 Å². The highest BCUT2D eigenvalue weighted by Crippen LogP contribution is 2.08. The van der Waals surface area contributed by atoms with Crippen LogP contribution in [0.25, 0.3) is 6.08 Å². The van der Waals surface area contributed by atoms with Crippen LogP contribution in [0.1, 0.15) is 11.3 Å². The molecule has 0 aliphatic heterocycles. The fraction of sp³-hybridized carbons (Fsp3) is 0.0667. The second-order valence-electron chi connectivity index (χ2n) is 4.18. The van der Waals surface area contributed by atoms with E-state index in [1.807, 2.05) is 31.2 Å². The molecule has 19 heavy (non-hydrogen) atoms. The first-order chi connectivity index (χ1) is 9.13. The number of anilines is 2. The van der Waals surface area contributed by atoms with Crippen molar-refractivity contribution in [3.8, 4) is 0 Å². The van der Waals surface area contributed by atoms with Crippen molar-refractivity contribution in [2.24, 2.45) is 0 Å². The minimum absolute atomic E-state index is 0.192. The molecule has 0 saturated carbocycles. The van der Waals surface area contributed by atoms with Gasteiger partial charge in [0.2, 0.25) is 5.91 Å². The van der Waals surface area contributed by atoms with Gasteiger partial charge in [0.1, 0.15) is 0 Å². The molecule has 4 nitrogen and oxygen atoms in total. The summed E-state index contributed by atoms with van der Waals surface area (Å²) in [6.45, 7) is 1.90. The van der Waals surface area contributed by atoms with E-state index in [-0.39, 0.29) is 5.91 Å². The number of nitrogens with two attached hydrogens (primary N) is 1. The Bertz CT molecular complexity index is 586. The number of nitrogen functional groups attached to an aromatic ring is 1. The van der Waals surface area contributed by atoms with Crippen molar-refractivity contribution in [1.82, 2.24) is 4.98 Å². The van der Waals surface area contributed by atoms with E-state index in [1.54, 1.807) is 24.4 Å². The molecule has 0 bridgehead atoms. The zero-order valence-corrected chi connectivity index (χ0v) is 10.6. The van der Waals surface area contributed by atoms with Gasteiger partial charge >= 0.3 is 0 Å². The highest BCUT2D eigenvalue weighted by atomic mass is 16.1. The van der Waals surface area contributed by atoms with Gasteiger partial charge in [-0.25, -0.2) is 0 Å². The van der Waals surface area contributed by atoms with Crippen LogP contribution in [-0.2, 0) is 4.79 Å². The maximum Gasteiger partial charge on any atom is 0.248 e. The summed E-state index contributed by atoms with van der Waals surface area (Å²) >= 11 is 0. The Morgan fingerprint density at radius 3 is 2.58 bits per heavy atom. The van der Waals surface area contributed by atoms with Gasteiger partial charge in [-0.05, 0) is 42.8 Å². The monoisotopic (exact) mass is 253 g/mol. The van der Waals surface area contributed by atoms with E-state index >= 15 is 0 Å². The molecule has 2 aromatic rings. The molecule has 0 radical (unpaired) electrons. The van der Waals surface area contributed by atoms with E-state index in [2.05, 4.69) is 10.3 Å². The fourth-order valence-electron chi connectivity index (χ4n) is 1.50. The van der Waals surface area contributed by atoms with E-state index in [9.17, 15) is 4.79 Å². The summed E-state index contributed by atoms with van der Waals surface area (Å²) in [7, 11) is 0. The molecule has 0 aliphatic carbocycles. The minimum Gasteiger partial charge on any atom is -0.399 e. The first-order valence-electron chi connectivity index (χ1n) is 5.91. The highest BCUT2D eigenvalue weighted by molar-refractivity contribution is 6.01. The molecule has 0 fully saturated rings. The van der Waals surface area contributed by atoms with Gasteiger partial charge in [-0.15, -0.1) is 0 Å². The lowest BCUT2D eigenvalue weighted by atomic mass is 10.2. The Morgan fingerprint density at radius 2 is 1.95 bits per heavy atom. The van der Waals surface area contributed by atoms with Crippen LogP contribution in [0, 0.1) is 6.92 Å². The van der Waals surface area contributed by atoms with Gasteiger partial charge in [-0.2, -0.15) is 0 Å². The lowest BCUT2D eigenvalue weighted by Gasteiger charge is -2.01. The van der Waals surface area contributed by atoms with Crippen molar-refractivity contribution in [2.45, 2.75) is 6.92 Å². The Kier molecular flexibility index (Phi) is 3.93. The summed E-state index contributed by atoms with van der Waals surface area (Å²) in [6, 6.07) is 11.0. The van der Waals surface area contributed by atoms with Gasteiger partial charge in [-0.1, -0.05) is 12.1 Å². The highest BCUT2D eigenvalue weighted by Gasteiger charge is 1.97. The maximum absolute atomic E-state index is 11.7. The number of nitrogens with one attached hydrogen (secondary N) is 1. The van der Waals surface area contributed by atoms with E-state index in [4.69, 9.17) is 5.73 Å². The summed E-state index contributed by atoms with van der Waals surface area (Å²) in [5.41, 5.74) is 8.80. The summed E-state index contributed by atoms with van der Waals surface area (Å²) < 4.78 is 0. The molecule has 2 rings (SSSR count). The van der Waals surface area contributed by atoms with Gasteiger partial charge in [0.15, 0.2) is 0 Å². The Morgan fingerprint density at radius 1 is 1.21 bits per heavy atom. The topological polar surface area (TPSA) is 68.0 Å². The summed E-state index contributed by atoms with van der Waals surface area (Å²) in [4.78, 5) is 15.8. The molecular formula is C15H15N3O. The normalized spacial score (nSPS) is 10.6. The number of hydrogen-bond acceptors (Lipinski definition) is 3. The third kappa shape index (κ3) is 3.96. The predicted octanol–water partition coefficient (Wildman–Crippen LogP) is 2.62. The maximum atomic E-state index is 11.7. The molecule has 1 aromatic heterocycles. The zero-order valence-electron chi connectivity index (χ0n) is 10.6. The lowest BCUT2D eigenvalue weighted by Crippen LogP contribution is -2.07. The lowest BCUT2D eigenvalue weighted by molar-refractivity contribution is -0.111. The van der Waals surface area contributed by atoms with E-state index < -0.39 is 0 Å². The van der Waals surface area contributed by atoms with Crippen molar-refractivity contribution in [3.05, 3.63) is 59.9 Å². The van der Waals surface area contributed by atoms with Crippen molar-refractivity contribution in [3.63, 3.8) is 0 Å². The quantitative estimate of drug-likeness (QED) is 0.652. The Hall–Kier alpha value is -2.62. The van der Waals surface area contributed by atoms with E-state index in [1.165, 1.54) is 6.08 Å². The summed E-state index contributed by atoms with van der Waals surface area (Å²) in [5, 5.41) is 2.74. The Balaban J connectivity index is 1.97. The molecular weight excluding hydrogens is 238 g/mol. The molecule has 0 unspecified atom stereocenters. The van der Waals surface area contributed by atoms with Crippen molar-refractivity contribution in [1.29, 1.82) is 0 Å². The van der Waals surface area contributed by atoms with Crippen LogP contribution in [0.15, 0.2) is 48.7 Å². The van der Waals surface area contributed by atoms with Gasteiger partial charge < -0.3 is 11.1 Å². The summed E-state index contributed by atoms with van der Waals surface area (Å²) in [5.74, 6) is -0.192. The number of carbonyl (C=O) groups excluding carboxylic acids is 1. The second-order valence-corrected chi connectivity index (χ2v) is 4.18. The molecule has 4 heteroatoms. The SMILES string of the molecule is Cc1ccc(NC(=O)/C=C/c2ccc(N)cc2)cn1. The van der Waals surface area contributed by atoms with E-state index in [0.29, 0.717) is 11.4 Å². The van der Waals surface area contributed by atoms with Crippen molar-refractivity contribution < 1.29 is 4.79 Å². The largest absolute Gasteiger partial charge is 0.399 e. The molecule has 1 amide bonds.